The van der Waals surface area contributed by atoms with Crippen LogP contribution in [0.25, 0.3) is 0 Å². The smallest absolute Gasteiger partial charge is 0.338 e. The zero-order valence-electron chi connectivity index (χ0n) is 12.9. The van der Waals surface area contributed by atoms with Crippen LogP contribution in [-0.2, 0) is 18.0 Å². The summed E-state index contributed by atoms with van der Waals surface area (Å²) in [5.41, 5.74) is 0.586. The van der Waals surface area contributed by atoms with Crippen LogP contribution in [0.2, 0.25) is 0 Å². The number of rotatable bonds is 12. The van der Waals surface area contributed by atoms with Crippen molar-refractivity contribution in [2.75, 3.05) is 6.61 Å². The first-order valence-electron chi connectivity index (χ1n) is 7.44. The molecule has 23 heavy (non-hydrogen) atoms. The molecule has 1 aromatic rings. The maximum Gasteiger partial charge on any atom is 0.338 e. The number of benzene rings is 1. The van der Waals surface area contributed by atoms with Gasteiger partial charge in [-0.2, -0.15) is 0 Å². The maximum atomic E-state index is 11.7. The van der Waals surface area contributed by atoms with Gasteiger partial charge >= 0.3 is 5.97 Å². The van der Waals surface area contributed by atoms with Crippen molar-refractivity contribution in [2.24, 2.45) is 0 Å². The van der Waals surface area contributed by atoms with Crippen LogP contribution in [0.5, 0.6) is 0 Å². The van der Waals surface area contributed by atoms with E-state index in [1.165, 1.54) is 0 Å². The Bertz CT molecular complexity index is 432. The molecule has 0 saturated carbocycles. The summed E-state index contributed by atoms with van der Waals surface area (Å²) in [5.74, 6) is -1.45. The van der Waals surface area contributed by atoms with Gasteiger partial charge in [-0.25, -0.2) is 4.79 Å². The molecule has 0 unspecified atom stereocenters. The van der Waals surface area contributed by atoms with Crippen LogP contribution < -0.4 is 0 Å². The van der Waals surface area contributed by atoms with Gasteiger partial charge in [0.15, 0.2) is 0 Å². The molecule has 0 atom stereocenters. The van der Waals surface area contributed by atoms with Crippen molar-refractivity contribution in [3.63, 3.8) is 0 Å². The highest BCUT2D eigenvalue weighted by molar-refractivity contribution is 6.01. The highest BCUT2D eigenvalue weighted by Gasteiger charge is 2.27. The number of carbonyl (C=O) groups is 1. The summed E-state index contributed by atoms with van der Waals surface area (Å²) in [7, 11) is 8.76. The van der Waals surface area contributed by atoms with E-state index < -0.39 is 5.97 Å². The van der Waals surface area contributed by atoms with Gasteiger partial charge in [0.2, 0.25) is 0 Å². The molecule has 0 aliphatic heterocycles. The van der Waals surface area contributed by atoms with Gasteiger partial charge in [0.25, 0.3) is 37.4 Å². The normalized spacial score (nSPS) is 11.4. The number of hydrogen-bond donors (Lipinski definition) is 0. The standard InChI is InChI=1S/C15H19O5Si3/c16-14(13-9-5-4-6-10-13)17-12-8-3-1-2-7-11-15(18-21,19-22)20-23/h4-6,9-10H,1-3,7-8,11-12H2. The van der Waals surface area contributed by atoms with E-state index in [1.807, 2.05) is 18.2 Å². The van der Waals surface area contributed by atoms with Crippen LogP contribution in [0, 0.1) is 0 Å². The van der Waals surface area contributed by atoms with Crippen LogP contribution in [0.15, 0.2) is 30.3 Å². The van der Waals surface area contributed by atoms with Gasteiger partial charge in [0.05, 0.1) is 12.2 Å². The number of hydrogen-bond acceptors (Lipinski definition) is 5. The van der Waals surface area contributed by atoms with Crippen molar-refractivity contribution < 1.29 is 22.8 Å². The highest BCUT2D eigenvalue weighted by Crippen LogP contribution is 2.20. The van der Waals surface area contributed by atoms with Gasteiger partial charge in [-0.1, -0.05) is 37.5 Å². The Morgan fingerprint density at radius 2 is 1.43 bits per heavy atom. The third-order valence-electron chi connectivity index (χ3n) is 3.34. The largest absolute Gasteiger partial charge is 0.462 e. The maximum absolute atomic E-state index is 11.7. The molecule has 0 heterocycles. The average molecular weight is 364 g/mol. The van der Waals surface area contributed by atoms with Crippen LogP contribution in [0.1, 0.15) is 48.9 Å². The fourth-order valence-electron chi connectivity index (χ4n) is 2.01. The van der Waals surface area contributed by atoms with Crippen molar-refractivity contribution in [3.8, 4) is 0 Å². The third kappa shape index (κ3) is 7.55. The quantitative estimate of drug-likeness (QED) is 0.246. The molecule has 121 valence electrons. The summed E-state index contributed by atoms with van der Waals surface area (Å²) < 4.78 is 20.1. The van der Waals surface area contributed by atoms with Crippen LogP contribution in [0.3, 0.4) is 0 Å². The summed E-state index contributed by atoms with van der Waals surface area (Å²) in [4.78, 5) is 11.7. The van der Waals surface area contributed by atoms with Gasteiger partial charge in [0, 0.05) is 6.42 Å². The lowest BCUT2D eigenvalue weighted by molar-refractivity contribution is -0.253. The Balaban J connectivity index is 2.05. The minimum absolute atomic E-state index is 0.270. The molecule has 0 aliphatic rings. The molecule has 0 aliphatic carbocycles. The molecular weight excluding hydrogens is 344 g/mol. The van der Waals surface area contributed by atoms with Gasteiger partial charge in [-0.15, -0.1) is 0 Å². The van der Waals surface area contributed by atoms with Gasteiger partial charge in [-0.05, 0) is 25.0 Å². The van der Waals surface area contributed by atoms with Crippen LogP contribution in [0.4, 0.5) is 0 Å². The van der Waals surface area contributed by atoms with Crippen molar-refractivity contribution in [1.29, 1.82) is 0 Å². The van der Waals surface area contributed by atoms with E-state index in [4.69, 9.17) is 18.0 Å². The SMILES string of the molecule is O=C(OCCCCCCCC(O[Si])(O[Si])O[Si])c1ccccc1. The van der Waals surface area contributed by atoms with Crippen molar-refractivity contribution >= 4 is 37.4 Å². The molecule has 1 aromatic carbocycles. The fourth-order valence-corrected chi connectivity index (χ4v) is 2.82. The van der Waals surface area contributed by atoms with Crippen molar-refractivity contribution in [3.05, 3.63) is 35.9 Å². The molecule has 0 saturated heterocycles. The minimum Gasteiger partial charge on any atom is -0.462 e. The van der Waals surface area contributed by atoms with Gasteiger partial charge < -0.3 is 18.0 Å². The predicted octanol–water partition coefficient (Wildman–Crippen LogP) is 2.14. The van der Waals surface area contributed by atoms with Gasteiger partial charge in [0.1, 0.15) is 0 Å². The van der Waals surface area contributed by atoms with E-state index >= 15 is 0 Å². The predicted molar refractivity (Wildman–Crippen MR) is 87.7 cm³/mol. The van der Waals surface area contributed by atoms with Crippen molar-refractivity contribution in [1.82, 2.24) is 0 Å². The molecule has 1 rings (SSSR count). The molecule has 0 fully saturated rings. The lowest BCUT2D eigenvalue weighted by atomic mass is 10.1. The number of carbonyl (C=O) groups excluding carboxylic acids is 1. The summed E-state index contributed by atoms with van der Waals surface area (Å²) in [6.07, 6.45) is 5.28. The molecule has 9 radical (unpaired) electrons. The summed E-state index contributed by atoms with van der Waals surface area (Å²) in [5, 5.41) is 0. The first-order chi connectivity index (χ1) is 11.2. The molecule has 0 spiro atoms. The second kappa shape index (κ2) is 11.7. The fraction of sp³-hybridized carbons (Fsp3) is 0.533. The van der Waals surface area contributed by atoms with Crippen LogP contribution >= 0.6 is 0 Å². The Morgan fingerprint density at radius 1 is 0.870 bits per heavy atom. The second-order valence-electron chi connectivity index (χ2n) is 5.01. The first kappa shape index (κ1) is 20.3. The number of unbranched alkanes of at least 4 members (excludes halogenated alkanes) is 4. The van der Waals surface area contributed by atoms with E-state index in [0.29, 0.717) is 18.6 Å². The lowest BCUT2D eigenvalue weighted by Crippen LogP contribution is -2.37. The molecule has 5 nitrogen and oxygen atoms in total. The average Bonchev–Trinajstić information content (AvgIpc) is 2.61. The highest BCUT2D eigenvalue weighted by atomic mass is 28.2. The molecule has 0 aromatic heterocycles. The molecule has 0 bridgehead atoms. The minimum atomic E-state index is -1.18. The van der Waals surface area contributed by atoms with E-state index in [-0.39, 0.29) is 5.97 Å². The molecule has 0 N–H and O–H groups in total. The second-order valence-corrected chi connectivity index (χ2v) is 5.62. The topological polar surface area (TPSA) is 54.0 Å². The Labute approximate surface area is 147 Å². The first-order valence-corrected chi connectivity index (χ1v) is 8.66. The van der Waals surface area contributed by atoms with E-state index in [1.54, 1.807) is 12.1 Å². The summed E-state index contributed by atoms with van der Waals surface area (Å²) >= 11 is 0. The third-order valence-corrected chi connectivity index (χ3v) is 4.27. The monoisotopic (exact) mass is 363 g/mol. The Hall–Kier alpha value is -0.779. The number of ether oxygens (including phenoxy) is 1. The number of esters is 1. The van der Waals surface area contributed by atoms with Crippen molar-refractivity contribution in [2.45, 2.75) is 44.5 Å². The zero-order chi connectivity index (χ0) is 17.0. The molecule has 0 amide bonds. The summed E-state index contributed by atoms with van der Waals surface area (Å²) in [6.45, 7) is 0.441. The van der Waals surface area contributed by atoms with Gasteiger partial charge in [-0.3, -0.25) is 0 Å². The Kier molecular flexibility index (Phi) is 10.3. The lowest BCUT2D eigenvalue weighted by Gasteiger charge is -2.29. The Morgan fingerprint density at radius 3 is 2.04 bits per heavy atom. The summed E-state index contributed by atoms with van der Waals surface area (Å²) in [6, 6.07) is 9.00. The molecule has 8 heteroatoms. The van der Waals surface area contributed by atoms with E-state index in [2.05, 4.69) is 31.5 Å². The van der Waals surface area contributed by atoms with E-state index in [0.717, 1.165) is 32.1 Å². The molecular formula is C15H19O5Si3. The zero-order valence-corrected chi connectivity index (χ0v) is 15.9. The van der Waals surface area contributed by atoms with E-state index in [9.17, 15) is 4.79 Å². The van der Waals surface area contributed by atoms with Crippen LogP contribution in [-0.4, -0.2) is 50.0 Å².